The van der Waals surface area contributed by atoms with E-state index in [1.54, 1.807) is 11.8 Å². The third kappa shape index (κ3) is 6.63. The van der Waals surface area contributed by atoms with Gasteiger partial charge in [-0.25, -0.2) is 0 Å². The lowest BCUT2D eigenvalue weighted by Gasteiger charge is -2.29. The first-order valence-electron chi connectivity index (χ1n) is 10.0. The molecule has 156 valence electrons. The highest BCUT2D eigenvalue weighted by atomic mass is 16.5. The fraction of sp³-hybridized carbons (Fsp3) is 0.417. The molecule has 0 spiro atoms. The molecular weight excluding hydrogens is 364 g/mol. The number of amides is 2. The second kappa shape index (κ2) is 10.1. The first-order chi connectivity index (χ1) is 13.7. The second-order valence-electron chi connectivity index (χ2n) is 7.90. The third-order valence-electron chi connectivity index (χ3n) is 4.76. The van der Waals surface area contributed by atoms with E-state index in [4.69, 9.17) is 4.74 Å². The Labute approximate surface area is 174 Å². The van der Waals surface area contributed by atoms with Crippen LogP contribution in [0.1, 0.15) is 43.0 Å². The molecule has 0 unspecified atom stereocenters. The molecular formula is C24H32N2O3. The molecule has 2 amide bonds. The van der Waals surface area contributed by atoms with Gasteiger partial charge >= 0.3 is 0 Å². The predicted octanol–water partition coefficient (Wildman–Crippen LogP) is 3.93. The highest BCUT2D eigenvalue weighted by Gasteiger charge is 2.27. The zero-order valence-electron chi connectivity index (χ0n) is 18.3. The zero-order chi connectivity index (χ0) is 21.6. The quantitative estimate of drug-likeness (QED) is 0.735. The number of hydrogen-bond donors (Lipinski definition) is 1. The molecule has 2 rings (SSSR count). The smallest absolute Gasteiger partial charge is 0.261 e. The van der Waals surface area contributed by atoms with Crippen molar-refractivity contribution in [3.05, 3.63) is 64.7 Å². The zero-order valence-corrected chi connectivity index (χ0v) is 18.3. The first-order valence-corrected chi connectivity index (χ1v) is 10.0. The molecule has 0 saturated heterocycles. The van der Waals surface area contributed by atoms with Crippen LogP contribution in [-0.4, -0.2) is 35.4 Å². The molecule has 2 aromatic carbocycles. The number of nitrogens with zero attached hydrogens (tertiary/aromatic N) is 1. The number of carbonyl (C=O) groups is 2. The number of aryl methyl sites for hydroxylation is 3. The highest BCUT2D eigenvalue weighted by molar-refractivity contribution is 5.88. The van der Waals surface area contributed by atoms with E-state index in [-0.39, 0.29) is 24.5 Å². The number of rotatable bonds is 8. The number of nitrogens with one attached hydrogen (secondary N) is 1. The fourth-order valence-electron chi connectivity index (χ4n) is 3.20. The van der Waals surface area contributed by atoms with Crippen molar-refractivity contribution in [3.63, 3.8) is 0 Å². The maximum absolute atomic E-state index is 13.1. The lowest BCUT2D eigenvalue weighted by atomic mass is 10.1. The van der Waals surface area contributed by atoms with Crippen molar-refractivity contribution < 1.29 is 14.3 Å². The number of benzene rings is 2. The number of carbonyl (C=O) groups excluding carboxylic acids is 2. The van der Waals surface area contributed by atoms with Gasteiger partial charge in [0.15, 0.2) is 6.61 Å². The van der Waals surface area contributed by atoms with Gasteiger partial charge in [-0.1, -0.05) is 30.3 Å². The molecule has 2 aromatic rings. The summed E-state index contributed by atoms with van der Waals surface area (Å²) in [7, 11) is 0. The molecule has 5 nitrogen and oxygen atoms in total. The summed E-state index contributed by atoms with van der Waals surface area (Å²) >= 11 is 0. The minimum Gasteiger partial charge on any atom is -0.484 e. The van der Waals surface area contributed by atoms with Crippen LogP contribution in [0, 0.1) is 20.8 Å². The van der Waals surface area contributed by atoms with Gasteiger partial charge in [-0.2, -0.15) is 0 Å². The molecule has 5 heteroatoms. The van der Waals surface area contributed by atoms with Crippen LogP contribution in [0.2, 0.25) is 0 Å². The molecule has 0 radical (unpaired) electrons. The Morgan fingerprint density at radius 2 is 1.62 bits per heavy atom. The van der Waals surface area contributed by atoms with Gasteiger partial charge in [-0.3, -0.25) is 9.59 Å². The summed E-state index contributed by atoms with van der Waals surface area (Å²) in [6.45, 7) is 11.8. The molecule has 1 N–H and O–H groups in total. The Hall–Kier alpha value is -2.82. The Balaban J connectivity index is 2.19. The van der Waals surface area contributed by atoms with E-state index < -0.39 is 6.04 Å². The fourth-order valence-corrected chi connectivity index (χ4v) is 3.20. The first kappa shape index (κ1) is 22.5. The molecule has 0 saturated carbocycles. The van der Waals surface area contributed by atoms with E-state index in [9.17, 15) is 9.59 Å². The van der Waals surface area contributed by atoms with Crippen molar-refractivity contribution in [1.82, 2.24) is 10.2 Å². The maximum Gasteiger partial charge on any atom is 0.261 e. The Kier molecular flexibility index (Phi) is 7.82. The average molecular weight is 397 g/mol. The van der Waals surface area contributed by atoms with Gasteiger partial charge < -0.3 is 15.0 Å². The highest BCUT2D eigenvalue weighted by Crippen LogP contribution is 2.18. The van der Waals surface area contributed by atoms with Crippen LogP contribution in [0.3, 0.4) is 0 Å². The molecule has 0 aliphatic rings. The lowest BCUT2D eigenvalue weighted by molar-refractivity contribution is -0.142. The van der Waals surface area contributed by atoms with E-state index in [0.29, 0.717) is 12.3 Å². The minimum absolute atomic E-state index is 0.00637. The van der Waals surface area contributed by atoms with E-state index in [1.807, 2.05) is 71.0 Å². The van der Waals surface area contributed by atoms with E-state index in [0.717, 1.165) is 22.3 Å². The molecule has 0 heterocycles. The molecule has 29 heavy (non-hydrogen) atoms. The summed E-state index contributed by atoms with van der Waals surface area (Å²) in [5, 5.41) is 2.89. The lowest BCUT2D eigenvalue weighted by Crippen LogP contribution is -2.50. The maximum atomic E-state index is 13.1. The Morgan fingerprint density at radius 1 is 1.00 bits per heavy atom. The molecule has 1 atom stereocenters. The Bertz CT molecular complexity index is 841. The van der Waals surface area contributed by atoms with E-state index in [2.05, 4.69) is 11.4 Å². The van der Waals surface area contributed by atoms with Crippen molar-refractivity contribution in [2.24, 2.45) is 0 Å². The van der Waals surface area contributed by atoms with E-state index in [1.165, 1.54) is 0 Å². The van der Waals surface area contributed by atoms with Gasteiger partial charge in [-0.15, -0.1) is 0 Å². The topological polar surface area (TPSA) is 58.6 Å². The minimum atomic E-state index is -0.604. The number of hydrogen-bond acceptors (Lipinski definition) is 3. The van der Waals surface area contributed by atoms with Gasteiger partial charge in [0.1, 0.15) is 11.8 Å². The summed E-state index contributed by atoms with van der Waals surface area (Å²) in [6.07, 6.45) is 0. The van der Waals surface area contributed by atoms with Crippen molar-refractivity contribution >= 4 is 11.8 Å². The van der Waals surface area contributed by atoms with Gasteiger partial charge in [-0.05, 0) is 75.9 Å². The van der Waals surface area contributed by atoms with Gasteiger partial charge in [0, 0.05) is 12.6 Å². The van der Waals surface area contributed by atoms with Crippen LogP contribution < -0.4 is 10.1 Å². The van der Waals surface area contributed by atoms with Gasteiger partial charge in [0.05, 0.1) is 0 Å². The van der Waals surface area contributed by atoms with Crippen molar-refractivity contribution in [2.45, 2.75) is 60.2 Å². The monoisotopic (exact) mass is 396 g/mol. The summed E-state index contributed by atoms with van der Waals surface area (Å²) in [6, 6.07) is 13.1. The summed E-state index contributed by atoms with van der Waals surface area (Å²) in [5.41, 5.74) is 4.25. The molecule has 0 aromatic heterocycles. The Morgan fingerprint density at radius 3 is 2.21 bits per heavy atom. The van der Waals surface area contributed by atoms with Crippen molar-refractivity contribution in [1.29, 1.82) is 0 Å². The van der Waals surface area contributed by atoms with Crippen LogP contribution in [0.15, 0.2) is 42.5 Å². The normalized spacial score (nSPS) is 11.8. The average Bonchev–Trinajstić information content (AvgIpc) is 2.63. The van der Waals surface area contributed by atoms with Crippen LogP contribution in [0.4, 0.5) is 0 Å². The van der Waals surface area contributed by atoms with Crippen molar-refractivity contribution in [2.75, 3.05) is 6.61 Å². The van der Waals surface area contributed by atoms with Crippen LogP contribution >= 0.6 is 0 Å². The number of ether oxygens (including phenoxy) is 1. The predicted molar refractivity (Wildman–Crippen MR) is 116 cm³/mol. The second-order valence-corrected chi connectivity index (χ2v) is 7.90. The van der Waals surface area contributed by atoms with Gasteiger partial charge in [0.2, 0.25) is 5.91 Å². The molecule has 0 aliphatic carbocycles. The van der Waals surface area contributed by atoms with Crippen LogP contribution in [0.25, 0.3) is 0 Å². The summed E-state index contributed by atoms with van der Waals surface area (Å²) < 4.78 is 5.77. The van der Waals surface area contributed by atoms with E-state index >= 15 is 0 Å². The van der Waals surface area contributed by atoms with Gasteiger partial charge in [0.25, 0.3) is 5.91 Å². The molecule has 0 bridgehead atoms. The van der Waals surface area contributed by atoms with Crippen LogP contribution in [0.5, 0.6) is 5.75 Å². The third-order valence-corrected chi connectivity index (χ3v) is 4.76. The standard InChI is InChI=1S/C24H32N2O3/c1-16(2)25-24(28)20(6)26(14-21-10-8-7-9-19(21)5)23(27)15-29-22-12-17(3)11-18(4)13-22/h7-13,16,20H,14-15H2,1-6H3,(H,25,28)/t20-/m1/s1. The molecule has 0 aliphatic heterocycles. The summed E-state index contributed by atoms with van der Waals surface area (Å²) in [4.78, 5) is 27.2. The van der Waals surface area contributed by atoms with Crippen molar-refractivity contribution in [3.8, 4) is 5.75 Å². The largest absolute Gasteiger partial charge is 0.484 e. The SMILES string of the molecule is Cc1cc(C)cc(OCC(=O)N(Cc2ccccc2C)[C@H](C)C(=O)NC(C)C)c1. The van der Waals surface area contributed by atoms with Crippen LogP contribution in [-0.2, 0) is 16.1 Å². The summed E-state index contributed by atoms with van der Waals surface area (Å²) in [5.74, 6) is 0.262. The molecule has 0 fully saturated rings.